The van der Waals surface area contributed by atoms with Gasteiger partial charge in [0.05, 0.1) is 7.11 Å². The molecule has 1 atom stereocenters. The topological polar surface area (TPSA) is 15.7 Å². The third-order valence-corrected chi connectivity index (χ3v) is 5.09. The molecule has 0 amide bonds. The predicted octanol–water partition coefficient (Wildman–Crippen LogP) is 3.87. The van der Waals surface area contributed by atoms with Crippen molar-refractivity contribution < 1.29 is 4.74 Å². The Morgan fingerprint density at radius 3 is 2.45 bits per heavy atom. The second-order valence-corrected chi connectivity index (χ2v) is 6.13. The molecule has 2 rings (SSSR count). The van der Waals surface area contributed by atoms with E-state index in [9.17, 15) is 0 Å². The van der Waals surface area contributed by atoms with Gasteiger partial charge < -0.3 is 4.74 Å². The number of nitrogens with zero attached hydrogens (tertiary/aromatic N) is 2. The van der Waals surface area contributed by atoms with Crippen molar-refractivity contribution in [2.24, 2.45) is 0 Å². The summed E-state index contributed by atoms with van der Waals surface area (Å²) in [5.41, 5.74) is 4.35. The van der Waals surface area contributed by atoms with E-state index in [0.717, 1.165) is 38.3 Å². The highest BCUT2D eigenvalue weighted by atomic mass is 16.5. The maximum Gasteiger partial charge on any atom is 0.123 e. The fourth-order valence-corrected chi connectivity index (χ4v) is 3.69. The van der Waals surface area contributed by atoms with Crippen molar-refractivity contribution in [2.75, 3.05) is 33.3 Å². The molecule has 1 aliphatic rings. The van der Waals surface area contributed by atoms with E-state index >= 15 is 0 Å². The zero-order valence-electron chi connectivity index (χ0n) is 15.0. The monoisotopic (exact) mass is 304 g/mol. The highest BCUT2D eigenvalue weighted by Gasteiger charge is 2.26. The number of hydrogen-bond donors (Lipinski definition) is 0. The lowest BCUT2D eigenvalue weighted by Gasteiger charge is -2.37. The normalized spacial score (nSPS) is 18.5. The standard InChI is InChI=1S/C19H32N2O/c1-6-18-17-13-19(22-5)16(14-20(7-2)8-3)12-15(17)10-11-21(18)9-4/h12-13,18H,6-11,14H2,1-5H3. The van der Waals surface area contributed by atoms with Crippen LogP contribution >= 0.6 is 0 Å². The Morgan fingerprint density at radius 1 is 1.18 bits per heavy atom. The Hall–Kier alpha value is -1.06. The van der Waals surface area contributed by atoms with Crippen molar-refractivity contribution in [3.63, 3.8) is 0 Å². The first-order valence-electron chi connectivity index (χ1n) is 8.84. The molecule has 1 unspecified atom stereocenters. The van der Waals surface area contributed by atoms with Gasteiger partial charge in [-0.25, -0.2) is 0 Å². The molecular formula is C19H32N2O. The number of rotatable bonds is 7. The first kappa shape index (κ1) is 17.3. The summed E-state index contributed by atoms with van der Waals surface area (Å²) >= 11 is 0. The summed E-state index contributed by atoms with van der Waals surface area (Å²) in [6.45, 7) is 14.5. The van der Waals surface area contributed by atoms with Crippen LogP contribution in [0.15, 0.2) is 12.1 Å². The molecule has 1 aromatic rings. The van der Waals surface area contributed by atoms with Gasteiger partial charge in [0.15, 0.2) is 0 Å². The van der Waals surface area contributed by atoms with Crippen LogP contribution < -0.4 is 4.74 Å². The van der Waals surface area contributed by atoms with Crippen molar-refractivity contribution >= 4 is 0 Å². The van der Waals surface area contributed by atoms with Crippen molar-refractivity contribution in [1.82, 2.24) is 9.80 Å². The molecule has 0 radical (unpaired) electrons. The van der Waals surface area contributed by atoms with Gasteiger partial charge >= 0.3 is 0 Å². The highest BCUT2D eigenvalue weighted by molar-refractivity contribution is 5.45. The molecule has 0 N–H and O–H groups in total. The molecule has 0 spiro atoms. The molecule has 3 nitrogen and oxygen atoms in total. The van der Waals surface area contributed by atoms with E-state index in [4.69, 9.17) is 4.74 Å². The molecule has 1 heterocycles. The smallest absolute Gasteiger partial charge is 0.123 e. The van der Waals surface area contributed by atoms with E-state index in [2.05, 4.69) is 49.6 Å². The Bertz CT molecular complexity index is 483. The van der Waals surface area contributed by atoms with Crippen molar-refractivity contribution in [3.05, 3.63) is 28.8 Å². The third-order valence-electron chi connectivity index (χ3n) is 5.09. The minimum absolute atomic E-state index is 0.546. The van der Waals surface area contributed by atoms with Crippen LogP contribution in [0.5, 0.6) is 5.75 Å². The number of fused-ring (bicyclic) bond motifs is 1. The van der Waals surface area contributed by atoms with Crippen LogP contribution in [0.4, 0.5) is 0 Å². The molecule has 0 bridgehead atoms. The van der Waals surface area contributed by atoms with Gasteiger partial charge in [-0.05, 0) is 49.7 Å². The molecule has 1 aromatic carbocycles. The Morgan fingerprint density at radius 2 is 1.91 bits per heavy atom. The van der Waals surface area contributed by atoms with Gasteiger partial charge in [-0.2, -0.15) is 0 Å². The average Bonchev–Trinajstić information content (AvgIpc) is 2.57. The quantitative estimate of drug-likeness (QED) is 0.760. The van der Waals surface area contributed by atoms with E-state index in [1.807, 2.05) is 0 Å². The second kappa shape index (κ2) is 7.98. The van der Waals surface area contributed by atoms with Gasteiger partial charge in [-0.15, -0.1) is 0 Å². The molecule has 0 saturated carbocycles. The summed E-state index contributed by atoms with van der Waals surface area (Å²) in [4.78, 5) is 5.04. The van der Waals surface area contributed by atoms with Crippen LogP contribution in [-0.2, 0) is 13.0 Å². The van der Waals surface area contributed by atoms with Gasteiger partial charge in [0, 0.05) is 24.7 Å². The first-order valence-corrected chi connectivity index (χ1v) is 8.84. The lowest BCUT2D eigenvalue weighted by Crippen LogP contribution is -2.35. The fraction of sp³-hybridized carbons (Fsp3) is 0.684. The predicted molar refractivity (Wildman–Crippen MR) is 93.6 cm³/mol. The number of ether oxygens (including phenoxy) is 1. The third kappa shape index (κ3) is 3.47. The van der Waals surface area contributed by atoms with Gasteiger partial charge in [-0.3, -0.25) is 9.80 Å². The van der Waals surface area contributed by atoms with Crippen molar-refractivity contribution in [2.45, 2.75) is 53.1 Å². The average molecular weight is 304 g/mol. The van der Waals surface area contributed by atoms with Gasteiger partial charge in [-0.1, -0.05) is 33.8 Å². The second-order valence-electron chi connectivity index (χ2n) is 6.13. The summed E-state index contributed by atoms with van der Waals surface area (Å²) < 4.78 is 5.72. The van der Waals surface area contributed by atoms with Gasteiger partial charge in [0.2, 0.25) is 0 Å². The zero-order valence-corrected chi connectivity index (χ0v) is 15.0. The van der Waals surface area contributed by atoms with Gasteiger partial charge in [0.1, 0.15) is 5.75 Å². The molecule has 0 aromatic heterocycles. The van der Waals surface area contributed by atoms with Crippen LogP contribution in [0.25, 0.3) is 0 Å². The molecule has 124 valence electrons. The SMILES string of the molecule is CCC1c2cc(OC)c(CN(CC)CC)cc2CCN1CC. The number of hydrogen-bond acceptors (Lipinski definition) is 3. The van der Waals surface area contributed by atoms with E-state index < -0.39 is 0 Å². The molecular weight excluding hydrogens is 272 g/mol. The maximum atomic E-state index is 5.72. The van der Waals surface area contributed by atoms with E-state index in [1.165, 1.54) is 29.7 Å². The summed E-state index contributed by atoms with van der Waals surface area (Å²) in [6.07, 6.45) is 2.33. The minimum atomic E-state index is 0.546. The van der Waals surface area contributed by atoms with Crippen LogP contribution in [0.1, 0.15) is 56.8 Å². The van der Waals surface area contributed by atoms with E-state index in [1.54, 1.807) is 7.11 Å². The Labute approximate surface area is 136 Å². The molecule has 0 aliphatic carbocycles. The lowest BCUT2D eigenvalue weighted by atomic mass is 9.89. The summed E-state index contributed by atoms with van der Waals surface area (Å²) in [7, 11) is 1.80. The summed E-state index contributed by atoms with van der Waals surface area (Å²) in [5, 5.41) is 0. The van der Waals surface area contributed by atoms with Crippen LogP contribution in [0.2, 0.25) is 0 Å². The Balaban J connectivity index is 2.36. The minimum Gasteiger partial charge on any atom is -0.496 e. The van der Waals surface area contributed by atoms with Gasteiger partial charge in [0.25, 0.3) is 0 Å². The maximum absolute atomic E-state index is 5.72. The molecule has 3 heteroatoms. The Kier molecular flexibility index (Phi) is 6.27. The molecule has 1 aliphatic heterocycles. The van der Waals surface area contributed by atoms with Crippen molar-refractivity contribution in [1.29, 1.82) is 0 Å². The largest absolute Gasteiger partial charge is 0.496 e. The molecule has 22 heavy (non-hydrogen) atoms. The number of benzene rings is 1. The molecule has 0 fully saturated rings. The van der Waals surface area contributed by atoms with E-state index in [0.29, 0.717) is 6.04 Å². The fourth-order valence-electron chi connectivity index (χ4n) is 3.69. The highest BCUT2D eigenvalue weighted by Crippen LogP contribution is 2.36. The number of methoxy groups -OCH3 is 1. The van der Waals surface area contributed by atoms with E-state index in [-0.39, 0.29) is 0 Å². The summed E-state index contributed by atoms with van der Waals surface area (Å²) in [5.74, 6) is 1.06. The van der Waals surface area contributed by atoms with Crippen LogP contribution in [0, 0.1) is 0 Å². The van der Waals surface area contributed by atoms with Crippen molar-refractivity contribution in [3.8, 4) is 5.75 Å². The van der Waals surface area contributed by atoms with Crippen LogP contribution in [0.3, 0.4) is 0 Å². The zero-order chi connectivity index (χ0) is 16.1. The summed E-state index contributed by atoms with van der Waals surface area (Å²) in [6, 6.07) is 5.26. The van der Waals surface area contributed by atoms with Crippen LogP contribution in [-0.4, -0.2) is 43.1 Å². The lowest BCUT2D eigenvalue weighted by molar-refractivity contribution is 0.189. The first-order chi connectivity index (χ1) is 10.7. The molecule has 0 saturated heterocycles. The number of likely N-dealkylation sites (N-methyl/N-ethyl adjacent to an activating group) is 1.